The largest absolute Gasteiger partial charge is 0 e. The first-order valence-corrected chi connectivity index (χ1v) is 2.96. The summed E-state index contributed by atoms with van der Waals surface area (Å²) in [4.78, 5) is 0. The Labute approximate surface area is 85.8 Å². The van der Waals surface area contributed by atoms with E-state index in [9.17, 15) is 0 Å². The second-order valence-electron chi connectivity index (χ2n) is 0. The van der Waals surface area contributed by atoms with E-state index in [1.165, 1.54) is 0 Å². The van der Waals surface area contributed by atoms with Crippen LogP contribution in [0.1, 0.15) is 0 Å². The molecule has 0 saturated heterocycles. The van der Waals surface area contributed by atoms with Crippen LogP contribution in [0.2, 0.25) is 0 Å². The van der Waals surface area contributed by atoms with Crippen LogP contribution in [0.15, 0.2) is 0 Å². The Morgan fingerprint density at radius 1 is 1.25 bits per heavy atom. The van der Waals surface area contributed by atoms with Gasteiger partial charge in [-0.05, 0) is 0 Å². The van der Waals surface area contributed by atoms with Gasteiger partial charge in [0, 0.05) is 57.9 Å². The van der Waals surface area contributed by atoms with Crippen molar-refractivity contribution in [2.24, 2.45) is 0 Å². The molecule has 0 saturated carbocycles. The standard InChI is InChI=1S/BH2.Fe.Nd.Zr/h1H2;;;/q+1;;;-1. The molecule has 0 rings (SSSR count). The van der Waals surface area contributed by atoms with Crippen LogP contribution in [0.25, 0.3) is 0 Å². The molecule has 0 aromatic rings. The van der Waals surface area contributed by atoms with E-state index in [4.69, 9.17) is 0 Å². The third-order valence-electron chi connectivity index (χ3n) is 0. The zero-order chi connectivity index (χ0) is 2.00. The van der Waals surface area contributed by atoms with Gasteiger partial charge in [-0.15, -0.1) is 0 Å². The maximum atomic E-state index is 2.09. The summed E-state index contributed by atoms with van der Waals surface area (Å²) in [6.45, 7) is 0. The molecular formula is H2BFeNdZr. The summed E-state index contributed by atoms with van der Waals surface area (Å²) in [5.74, 6) is 0. The van der Waals surface area contributed by atoms with Gasteiger partial charge in [-0.25, -0.2) is 0 Å². The Morgan fingerprint density at radius 3 is 1.25 bits per heavy atom. The molecule has 4 heteroatoms. The van der Waals surface area contributed by atoms with Crippen LogP contribution >= 0.6 is 0 Å². The van der Waals surface area contributed by atoms with E-state index in [1.807, 2.05) is 0 Å². The van der Waals surface area contributed by atoms with Crippen molar-refractivity contribution in [1.82, 2.24) is 0 Å². The first-order valence-electron chi connectivity index (χ1n) is 0.500. The molecule has 0 amide bonds. The molecule has 0 spiro atoms. The molecule has 4 heavy (non-hydrogen) atoms. The second kappa shape index (κ2) is 17.0. The molecule has 0 N–H and O–H groups in total. The first kappa shape index (κ1) is 15.8. The fourth-order valence-corrected chi connectivity index (χ4v) is 0. The molecule has 0 aliphatic heterocycles. The van der Waals surface area contributed by atoms with E-state index >= 15 is 0 Å². The molecule has 0 aromatic carbocycles. The molecule has 0 atom stereocenters. The Bertz CT molecular complexity index is 8.00. The minimum absolute atomic E-state index is 0. The molecule has 0 fully saturated rings. The summed E-state index contributed by atoms with van der Waals surface area (Å²) < 4.78 is 0. The van der Waals surface area contributed by atoms with Crippen LogP contribution in [0.3, 0.4) is 0 Å². The summed E-state index contributed by atoms with van der Waals surface area (Å²) in [6, 6.07) is 0. The smallest absolute Gasteiger partial charge is 0 e. The fraction of sp³-hybridized carbons (Fsp3) is 0. The van der Waals surface area contributed by atoms with E-state index in [-0.39, 0.29) is 57.9 Å². The third kappa shape index (κ3) is 8.84. The maximum absolute atomic E-state index is 2.09. The average Bonchev–Trinajstić information content (AvgIpc) is 1.00. The van der Waals surface area contributed by atoms with Crippen LogP contribution in [-0.4, -0.2) is 5.38 Å². The van der Waals surface area contributed by atoms with Crippen LogP contribution in [0, 0.1) is 40.8 Å². The molecule has 0 heterocycles. The predicted octanol–water partition coefficient (Wildman–Crippen LogP) is -0.921. The Kier molecular flexibility index (Phi) is 67.3. The van der Waals surface area contributed by atoms with Gasteiger partial charge in [0.2, 0.25) is 0 Å². The normalized spacial score (nSPS) is 0.750. The monoisotopic (exact) mass is 301 g/mol. The fourth-order valence-electron chi connectivity index (χ4n) is 0. The van der Waals surface area contributed by atoms with Crippen LogP contribution in [-0.2, 0) is 41.6 Å². The molecule has 0 bridgehead atoms. The van der Waals surface area contributed by atoms with E-state index in [2.05, 4.69) is 5.38 Å². The van der Waals surface area contributed by atoms with Crippen molar-refractivity contribution in [3.05, 3.63) is 0 Å². The molecule has 0 aromatic heterocycles. The Balaban J connectivity index is -0.00000000500. The van der Waals surface area contributed by atoms with Gasteiger partial charge in [0.1, 0.15) is 0 Å². The number of hydrogen-bond acceptors (Lipinski definition) is 0. The summed E-state index contributed by atoms with van der Waals surface area (Å²) in [7, 11) is 0. The van der Waals surface area contributed by atoms with Crippen molar-refractivity contribution in [3.8, 4) is 0 Å². The number of hydrogen-bond donors (Lipinski definition) is 0. The van der Waals surface area contributed by atoms with Gasteiger partial charge >= 0.3 is 29.9 Å². The molecular weight excluding hydrogens is 302 g/mol. The van der Waals surface area contributed by atoms with Crippen molar-refractivity contribution in [2.45, 2.75) is 0 Å². The maximum Gasteiger partial charge on any atom is 0 e. The Hall–Kier alpha value is 2.82. The van der Waals surface area contributed by atoms with Crippen molar-refractivity contribution in [3.63, 3.8) is 0 Å². The number of rotatable bonds is 0. The van der Waals surface area contributed by atoms with Gasteiger partial charge in [0.25, 0.3) is 0 Å². The molecule has 0 aliphatic rings. The van der Waals surface area contributed by atoms with E-state index in [0.717, 1.165) is 0 Å². The minimum Gasteiger partial charge on any atom is 0 e. The molecule has 0 radical (unpaired) electrons. The summed E-state index contributed by atoms with van der Waals surface area (Å²) in [5, 5.41) is 2.09. The van der Waals surface area contributed by atoms with E-state index < -0.39 is 0 Å². The zero-order valence-electron chi connectivity index (χ0n) is 2.35. The second-order valence-corrected chi connectivity index (χ2v) is 0. The van der Waals surface area contributed by atoms with Crippen molar-refractivity contribution in [1.29, 1.82) is 0 Å². The van der Waals surface area contributed by atoms with Crippen molar-refractivity contribution in [2.75, 3.05) is 0 Å². The first-order chi connectivity index (χ1) is 1.00. The average molecular weight is 304 g/mol. The van der Waals surface area contributed by atoms with Crippen LogP contribution in [0.4, 0.5) is 0 Å². The van der Waals surface area contributed by atoms with Crippen LogP contribution < -0.4 is 0 Å². The van der Waals surface area contributed by atoms with Gasteiger partial charge in [-0.3, -0.25) is 0 Å². The molecule has 0 unspecified atom stereocenters. The molecule has 0 aliphatic carbocycles. The summed E-state index contributed by atoms with van der Waals surface area (Å²) >= 11 is 1.55. The van der Waals surface area contributed by atoms with E-state index in [0.29, 0.717) is 0 Å². The third-order valence-corrected chi connectivity index (χ3v) is 0. The van der Waals surface area contributed by atoms with Crippen molar-refractivity contribution < 1.29 is 82.4 Å². The zero-order valence-corrected chi connectivity index (χ0v) is 9.12. The quantitative estimate of drug-likeness (QED) is 0.508. The predicted molar refractivity (Wildman–Crippen MR) is 8.54 cm³/mol. The Morgan fingerprint density at radius 2 is 1.25 bits per heavy atom. The minimum atomic E-state index is 0. The van der Waals surface area contributed by atoms with Gasteiger partial charge in [-0.2, -0.15) is 0 Å². The summed E-state index contributed by atoms with van der Waals surface area (Å²) in [5.41, 5.74) is 0. The van der Waals surface area contributed by atoms with Gasteiger partial charge in [0.05, 0.1) is 0 Å². The molecule has 0 nitrogen and oxygen atoms in total. The van der Waals surface area contributed by atoms with Gasteiger partial charge in [-0.1, -0.05) is 0 Å². The van der Waals surface area contributed by atoms with Gasteiger partial charge in [0.15, 0.2) is 0 Å². The summed E-state index contributed by atoms with van der Waals surface area (Å²) in [6.07, 6.45) is 0. The van der Waals surface area contributed by atoms with Gasteiger partial charge < -0.3 is 0 Å². The van der Waals surface area contributed by atoms with Crippen molar-refractivity contribution >= 4 is 5.38 Å². The van der Waals surface area contributed by atoms with E-state index in [1.54, 1.807) is 24.5 Å². The SMILES string of the molecule is [BH2][Zr].[Fe].[Nd]. The van der Waals surface area contributed by atoms with Crippen LogP contribution in [0.5, 0.6) is 0 Å². The molecule has 21 valence electrons. The topological polar surface area (TPSA) is 0 Å².